The van der Waals surface area contributed by atoms with Gasteiger partial charge in [-0.05, 0) is 37.8 Å². The van der Waals surface area contributed by atoms with E-state index in [0.717, 1.165) is 18.2 Å². The van der Waals surface area contributed by atoms with Gasteiger partial charge in [-0.3, -0.25) is 14.2 Å². The molecule has 0 aliphatic heterocycles. The molecule has 0 spiro atoms. The lowest BCUT2D eigenvalue weighted by Crippen LogP contribution is -2.54. The van der Waals surface area contributed by atoms with Gasteiger partial charge in [0.25, 0.3) is 5.56 Å². The number of carbonyl (C=O) groups excluding carboxylic acids is 1. The highest BCUT2D eigenvalue weighted by molar-refractivity contribution is 6.01. The summed E-state index contributed by atoms with van der Waals surface area (Å²) in [4.78, 5) is 29.3. The lowest BCUT2D eigenvalue weighted by atomic mass is 9.96. The zero-order valence-electron chi connectivity index (χ0n) is 14.0. The molecule has 1 aliphatic carbocycles. The molecular formula is C18H20N4O3. The SMILES string of the molecule is CC(CN)(NC(=O)Cn1cnc2c(oc3ccccc32)c1=O)C1CC1. The Balaban J connectivity index is 1.63. The summed E-state index contributed by atoms with van der Waals surface area (Å²) in [6, 6.07) is 7.34. The van der Waals surface area contributed by atoms with E-state index in [1.54, 1.807) is 6.07 Å². The van der Waals surface area contributed by atoms with Crippen LogP contribution in [0.3, 0.4) is 0 Å². The fourth-order valence-corrected chi connectivity index (χ4v) is 3.28. The van der Waals surface area contributed by atoms with Crippen molar-refractivity contribution in [3.8, 4) is 0 Å². The van der Waals surface area contributed by atoms with Crippen LogP contribution in [0.4, 0.5) is 0 Å². The van der Waals surface area contributed by atoms with Gasteiger partial charge in [0, 0.05) is 11.9 Å². The number of amides is 1. The highest BCUT2D eigenvalue weighted by Gasteiger charge is 2.41. The van der Waals surface area contributed by atoms with E-state index in [1.165, 1.54) is 10.9 Å². The smallest absolute Gasteiger partial charge is 0.297 e. The zero-order valence-corrected chi connectivity index (χ0v) is 14.0. The van der Waals surface area contributed by atoms with Crippen LogP contribution in [0.1, 0.15) is 19.8 Å². The Morgan fingerprint density at radius 1 is 1.44 bits per heavy atom. The molecule has 0 bridgehead atoms. The molecule has 0 saturated heterocycles. The van der Waals surface area contributed by atoms with Crippen molar-refractivity contribution in [3.05, 3.63) is 40.9 Å². The number of benzene rings is 1. The van der Waals surface area contributed by atoms with Gasteiger partial charge in [-0.15, -0.1) is 0 Å². The molecule has 0 radical (unpaired) electrons. The van der Waals surface area contributed by atoms with Crippen LogP contribution < -0.4 is 16.6 Å². The monoisotopic (exact) mass is 340 g/mol. The van der Waals surface area contributed by atoms with E-state index in [-0.39, 0.29) is 23.6 Å². The maximum absolute atomic E-state index is 12.6. The summed E-state index contributed by atoms with van der Waals surface area (Å²) in [5.41, 5.74) is 6.33. The van der Waals surface area contributed by atoms with E-state index in [0.29, 0.717) is 23.6 Å². The molecule has 3 N–H and O–H groups in total. The molecule has 1 unspecified atom stereocenters. The van der Waals surface area contributed by atoms with Gasteiger partial charge >= 0.3 is 0 Å². The molecule has 1 atom stereocenters. The van der Waals surface area contributed by atoms with Crippen molar-refractivity contribution in [2.24, 2.45) is 11.7 Å². The van der Waals surface area contributed by atoms with Crippen molar-refractivity contribution < 1.29 is 9.21 Å². The van der Waals surface area contributed by atoms with Crippen LogP contribution in [0, 0.1) is 5.92 Å². The molecule has 130 valence electrons. The Labute approximate surface area is 143 Å². The number of furan rings is 1. The maximum atomic E-state index is 12.6. The van der Waals surface area contributed by atoms with Gasteiger partial charge in [0.1, 0.15) is 17.6 Å². The highest BCUT2D eigenvalue weighted by atomic mass is 16.3. The van der Waals surface area contributed by atoms with Crippen molar-refractivity contribution >= 4 is 28.0 Å². The minimum Gasteiger partial charge on any atom is -0.448 e. The second kappa shape index (κ2) is 5.70. The summed E-state index contributed by atoms with van der Waals surface area (Å²) in [7, 11) is 0. The lowest BCUT2D eigenvalue weighted by Gasteiger charge is -2.29. The Bertz CT molecular complexity index is 1020. The summed E-state index contributed by atoms with van der Waals surface area (Å²) >= 11 is 0. The van der Waals surface area contributed by atoms with Gasteiger partial charge in [0.15, 0.2) is 0 Å². The van der Waals surface area contributed by atoms with E-state index in [4.69, 9.17) is 10.2 Å². The van der Waals surface area contributed by atoms with Crippen molar-refractivity contribution in [2.45, 2.75) is 31.8 Å². The predicted molar refractivity (Wildman–Crippen MR) is 94.1 cm³/mol. The van der Waals surface area contributed by atoms with Crippen molar-refractivity contribution in [2.75, 3.05) is 6.54 Å². The minimum atomic E-state index is -0.419. The zero-order chi connectivity index (χ0) is 17.6. The normalized spacial score (nSPS) is 16.9. The van der Waals surface area contributed by atoms with Gasteiger partial charge < -0.3 is 15.5 Å². The van der Waals surface area contributed by atoms with E-state index in [9.17, 15) is 9.59 Å². The number of nitrogens with one attached hydrogen (secondary N) is 1. The number of hydrogen-bond donors (Lipinski definition) is 2. The maximum Gasteiger partial charge on any atom is 0.297 e. The minimum absolute atomic E-state index is 0.110. The molecule has 1 amide bonds. The predicted octanol–water partition coefficient (Wildman–Crippen LogP) is 1.39. The van der Waals surface area contributed by atoms with Crippen LogP contribution in [-0.2, 0) is 11.3 Å². The van der Waals surface area contributed by atoms with Crippen molar-refractivity contribution in [3.63, 3.8) is 0 Å². The topological polar surface area (TPSA) is 103 Å². The van der Waals surface area contributed by atoms with Crippen LogP contribution in [0.2, 0.25) is 0 Å². The molecule has 4 rings (SSSR count). The van der Waals surface area contributed by atoms with Crippen LogP contribution in [0.5, 0.6) is 0 Å². The average Bonchev–Trinajstić information content (AvgIpc) is 3.39. The highest BCUT2D eigenvalue weighted by Crippen LogP contribution is 2.38. The van der Waals surface area contributed by atoms with Gasteiger partial charge in [-0.2, -0.15) is 0 Å². The molecule has 2 aromatic heterocycles. The van der Waals surface area contributed by atoms with Crippen molar-refractivity contribution in [1.82, 2.24) is 14.9 Å². The van der Waals surface area contributed by atoms with E-state index in [2.05, 4.69) is 10.3 Å². The quantitative estimate of drug-likeness (QED) is 0.730. The van der Waals surface area contributed by atoms with E-state index >= 15 is 0 Å². The van der Waals surface area contributed by atoms with E-state index < -0.39 is 5.54 Å². The molecular weight excluding hydrogens is 320 g/mol. The van der Waals surface area contributed by atoms with Crippen LogP contribution in [-0.4, -0.2) is 27.5 Å². The lowest BCUT2D eigenvalue weighted by molar-refractivity contribution is -0.123. The third kappa shape index (κ3) is 2.70. The fraction of sp³-hybridized carbons (Fsp3) is 0.389. The van der Waals surface area contributed by atoms with Crippen LogP contribution in [0.15, 0.2) is 39.8 Å². The van der Waals surface area contributed by atoms with Gasteiger partial charge in [-0.25, -0.2) is 4.98 Å². The molecule has 1 saturated carbocycles. The van der Waals surface area contributed by atoms with Crippen molar-refractivity contribution in [1.29, 1.82) is 0 Å². The largest absolute Gasteiger partial charge is 0.448 e. The summed E-state index contributed by atoms with van der Waals surface area (Å²) in [6.45, 7) is 2.21. The third-order valence-electron chi connectivity index (χ3n) is 4.99. The molecule has 7 heteroatoms. The summed E-state index contributed by atoms with van der Waals surface area (Å²) < 4.78 is 6.90. The summed E-state index contributed by atoms with van der Waals surface area (Å²) in [5.74, 6) is 0.161. The third-order valence-corrected chi connectivity index (χ3v) is 4.99. The Hall–Kier alpha value is -2.67. The first kappa shape index (κ1) is 15.8. The number of nitrogens with zero attached hydrogens (tertiary/aromatic N) is 2. The number of fused-ring (bicyclic) bond motifs is 3. The first-order valence-corrected chi connectivity index (χ1v) is 8.39. The van der Waals surface area contributed by atoms with Gasteiger partial charge in [0.2, 0.25) is 11.5 Å². The number of aromatic nitrogens is 2. The second-order valence-corrected chi connectivity index (χ2v) is 6.90. The first-order valence-electron chi connectivity index (χ1n) is 8.39. The molecule has 25 heavy (non-hydrogen) atoms. The second-order valence-electron chi connectivity index (χ2n) is 6.90. The number of carbonyl (C=O) groups is 1. The van der Waals surface area contributed by atoms with Gasteiger partial charge in [-0.1, -0.05) is 12.1 Å². The number of para-hydroxylation sites is 1. The molecule has 2 heterocycles. The standard InChI is InChI=1S/C18H20N4O3/c1-18(9-19,11-6-7-11)21-14(23)8-22-10-20-15-12-4-2-3-5-13(12)25-16(15)17(22)24/h2-5,10-11H,6-9,19H2,1H3,(H,21,23). The Morgan fingerprint density at radius 3 is 2.92 bits per heavy atom. The summed E-state index contributed by atoms with van der Waals surface area (Å²) in [6.07, 6.45) is 3.53. The number of hydrogen-bond acceptors (Lipinski definition) is 5. The van der Waals surface area contributed by atoms with Crippen LogP contribution >= 0.6 is 0 Å². The Kier molecular flexibility index (Phi) is 3.61. The molecule has 7 nitrogen and oxygen atoms in total. The fourth-order valence-electron chi connectivity index (χ4n) is 3.28. The molecule has 1 fully saturated rings. The number of nitrogens with two attached hydrogens (primary N) is 1. The number of rotatable bonds is 5. The molecule has 1 aliphatic rings. The average molecular weight is 340 g/mol. The molecule has 1 aromatic carbocycles. The van der Waals surface area contributed by atoms with Crippen LogP contribution in [0.25, 0.3) is 22.1 Å². The summed E-state index contributed by atoms with van der Waals surface area (Å²) in [5, 5.41) is 3.76. The van der Waals surface area contributed by atoms with E-state index in [1.807, 2.05) is 25.1 Å². The molecule has 3 aromatic rings. The Morgan fingerprint density at radius 2 is 2.20 bits per heavy atom. The van der Waals surface area contributed by atoms with Gasteiger partial charge in [0.05, 0.1) is 11.9 Å². The first-order chi connectivity index (χ1) is 12.0.